The molecule has 0 amide bonds. The molecule has 0 spiro atoms. The second-order valence-corrected chi connectivity index (χ2v) is 6.83. The topological polar surface area (TPSA) is 46.2 Å². The zero-order valence-electron chi connectivity index (χ0n) is 8.72. The van der Waals surface area contributed by atoms with Crippen LogP contribution in [-0.4, -0.2) is 26.6 Å². The third-order valence-corrected chi connectivity index (χ3v) is 4.71. The van der Waals surface area contributed by atoms with E-state index >= 15 is 0 Å². The maximum Gasteiger partial charge on any atom is 0.211 e. The third-order valence-electron chi connectivity index (χ3n) is 2.59. The van der Waals surface area contributed by atoms with E-state index < -0.39 is 10.0 Å². The SMILES string of the molecule is CC(CCl)CS(=O)(=O)NCC1(C)CC1. The molecule has 3 nitrogen and oxygen atoms in total. The van der Waals surface area contributed by atoms with Crippen molar-refractivity contribution in [3.63, 3.8) is 0 Å². The molecule has 1 atom stereocenters. The number of rotatable bonds is 6. The first-order valence-electron chi connectivity index (χ1n) is 4.90. The van der Waals surface area contributed by atoms with E-state index in [2.05, 4.69) is 11.6 Å². The fourth-order valence-corrected chi connectivity index (χ4v) is 2.94. The maximum absolute atomic E-state index is 11.5. The van der Waals surface area contributed by atoms with Crippen LogP contribution in [0.4, 0.5) is 0 Å². The molecule has 0 radical (unpaired) electrons. The molecule has 1 aliphatic carbocycles. The largest absolute Gasteiger partial charge is 0.215 e. The maximum atomic E-state index is 11.5. The standard InChI is InChI=1S/C9H18ClNO2S/c1-8(5-10)6-14(12,13)11-7-9(2)3-4-9/h8,11H,3-7H2,1-2H3. The van der Waals surface area contributed by atoms with Crippen LogP contribution >= 0.6 is 11.6 Å². The number of halogens is 1. The zero-order chi connectivity index (χ0) is 10.8. The summed E-state index contributed by atoms with van der Waals surface area (Å²) in [4.78, 5) is 0. The summed E-state index contributed by atoms with van der Waals surface area (Å²) in [6, 6.07) is 0. The summed E-state index contributed by atoms with van der Waals surface area (Å²) >= 11 is 5.57. The Labute approximate surface area is 91.3 Å². The molecule has 0 saturated heterocycles. The molecule has 1 aliphatic rings. The van der Waals surface area contributed by atoms with Crippen molar-refractivity contribution in [2.24, 2.45) is 11.3 Å². The number of sulfonamides is 1. The Morgan fingerprint density at radius 1 is 1.50 bits per heavy atom. The quantitative estimate of drug-likeness (QED) is 0.716. The lowest BCUT2D eigenvalue weighted by atomic mass is 10.2. The van der Waals surface area contributed by atoms with Gasteiger partial charge in [-0.1, -0.05) is 13.8 Å². The Morgan fingerprint density at radius 2 is 2.07 bits per heavy atom. The molecule has 1 rings (SSSR count). The number of alkyl halides is 1. The molecule has 1 N–H and O–H groups in total. The van der Waals surface area contributed by atoms with Crippen LogP contribution in [0.1, 0.15) is 26.7 Å². The van der Waals surface area contributed by atoms with Crippen molar-refractivity contribution in [2.75, 3.05) is 18.2 Å². The van der Waals surface area contributed by atoms with Crippen LogP contribution < -0.4 is 4.72 Å². The van der Waals surface area contributed by atoms with E-state index in [4.69, 9.17) is 11.6 Å². The van der Waals surface area contributed by atoms with Crippen LogP contribution in [-0.2, 0) is 10.0 Å². The zero-order valence-corrected chi connectivity index (χ0v) is 10.3. The predicted octanol–water partition coefficient (Wildman–Crippen LogP) is 1.58. The lowest BCUT2D eigenvalue weighted by molar-refractivity contribution is 0.524. The second kappa shape index (κ2) is 4.37. The van der Waals surface area contributed by atoms with Gasteiger partial charge in [-0.05, 0) is 24.2 Å². The van der Waals surface area contributed by atoms with Gasteiger partial charge in [0.05, 0.1) is 5.75 Å². The molecule has 1 saturated carbocycles. The Balaban J connectivity index is 2.34. The highest BCUT2D eigenvalue weighted by Gasteiger charge is 2.37. The Kier molecular flexibility index (Phi) is 3.83. The summed E-state index contributed by atoms with van der Waals surface area (Å²) in [6.45, 7) is 4.51. The van der Waals surface area contributed by atoms with Crippen LogP contribution in [0.3, 0.4) is 0 Å². The molecule has 0 aromatic heterocycles. The van der Waals surface area contributed by atoms with Crippen molar-refractivity contribution in [3.05, 3.63) is 0 Å². The van der Waals surface area contributed by atoms with E-state index in [9.17, 15) is 8.42 Å². The van der Waals surface area contributed by atoms with Crippen LogP contribution in [0.5, 0.6) is 0 Å². The third kappa shape index (κ3) is 4.15. The summed E-state index contributed by atoms with van der Waals surface area (Å²) in [5, 5.41) is 0. The first kappa shape index (κ1) is 12.3. The van der Waals surface area contributed by atoms with Gasteiger partial charge in [-0.25, -0.2) is 13.1 Å². The Bertz CT molecular complexity index is 285. The van der Waals surface area contributed by atoms with Gasteiger partial charge in [-0.2, -0.15) is 0 Å². The number of hydrogen-bond donors (Lipinski definition) is 1. The molecule has 1 unspecified atom stereocenters. The predicted molar refractivity (Wildman–Crippen MR) is 59.0 cm³/mol. The van der Waals surface area contributed by atoms with Gasteiger partial charge in [0.25, 0.3) is 0 Å². The van der Waals surface area contributed by atoms with Crippen molar-refractivity contribution >= 4 is 21.6 Å². The van der Waals surface area contributed by atoms with Gasteiger partial charge in [0.2, 0.25) is 10.0 Å². The minimum atomic E-state index is -3.12. The van der Waals surface area contributed by atoms with Gasteiger partial charge in [0.15, 0.2) is 0 Å². The molecule has 0 aromatic carbocycles. The smallest absolute Gasteiger partial charge is 0.211 e. The molecule has 5 heteroatoms. The van der Waals surface area contributed by atoms with E-state index in [1.807, 2.05) is 6.92 Å². The van der Waals surface area contributed by atoms with Gasteiger partial charge in [-0.3, -0.25) is 0 Å². The van der Waals surface area contributed by atoms with Gasteiger partial charge < -0.3 is 0 Å². The minimum Gasteiger partial charge on any atom is -0.215 e. The molecule has 0 bridgehead atoms. The van der Waals surface area contributed by atoms with Gasteiger partial charge in [0, 0.05) is 12.4 Å². The Morgan fingerprint density at radius 3 is 2.50 bits per heavy atom. The van der Waals surface area contributed by atoms with E-state index in [0.717, 1.165) is 12.8 Å². The number of nitrogens with one attached hydrogen (secondary N) is 1. The monoisotopic (exact) mass is 239 g/mol. The molecule has 14 heavy (non-hydrogen) atoms. The fraction of sp³-hybridized carbons (Fsp3) is 1.00. The average Bonchev–Trinajstić information content (AvgIpc) is 2.81. The normalized spacial score (nSPS) is 21.9. The minimum absolute atomic E-state index is 0.0150. The molecular formula is C9H18ClNO2S. The van der Waals surface area contributed by atoms with Crippen LogP contribution in [0.2, 0.25) is 0 Å². The van der Waals surface area contributed by atoms with E-state index in [1.54, 1.807) is 0 Å². The number of hydrogen-bond acceptors (Lipinski definition) is 2. The van der Waals surface area contributed by atoms with Crippen LogP contribution in [0, 0.1) is 11.3 Å². The molecule has 0 aliphatic heterocycles. The van der Waals surface area contributed by atoms with E-state index in [0.29, 0.717) is 12.4 Å². The first-order chi connectivity index (χ1) is 6.37. The average molecular weight is 240 g/mol. The molecule has 1 fully saturated rings. The van der Waals surface area contributed by atoms with Crippen molar-refractivity contribution in [1.82, 2.24) is 4.72 Å². The van der Waals surface area contributed by atoms with Crippen molar-refractivity contribution < 1.29 is 8.42 Å². The summed E-state index contributed by atoms with van der Waals surface area (Å²) in [5.74, 6) is 0.534. The van der Waals surface area contributed by atoms with Gasteiger partial charge in [0.1, 0.15) is 0 Å². The summed E-state index contributed by atoms with van der Waals surface area (Å²) < 4.78 is 25.6. The van der Waals surface area contributed by atoms with Crippen molar-refractivity contribution in [2.45, 2.75) is 26.7 Å². The van der Waals surface area contributed by atoms with Crippen molar-refractivity contribution in [1.29, 1.82) is 0 Å². The summed E-state index contributed by atoms with van der Waals surface area (Å²) in [5.41, 5.74) is 0.220. The highest BCUT2D eigenvalue weighted by molar-refractivity contribution is 7.89. The lowest BCUT2D eigenvalue weighted by Crippen LogP contribution is -2.33. The van der Waals surface area contributed by atoms with Crippen LogP contribution in [0.25, 0.3) is 0 Å². The summed E-state index contributed by atoms with van der Waals surface area (Å²) in [6.07, 6.45) is 2.25. The second-order valence-electron chi connectivity index (χ2n) is 4.67. The van der Waals surface area contributed by atoms with Gasteiger partial charge >= 0.3 is 0 Å². The summed E-state index contributed by atoms with van der Waals surface area (Å²) in [7, 11) is -3.12. The molecule has 84 valence electrons. The highest BCUT2D eigenvalue weighted by Crippen LogP contribution is 2.44. The first-order valence-corrected chi connectivity index (χ1v) is 7.09. The Hall–Kier alpha value is 0.200. The van der Waals surface area contributed by atoms with E-state index in [1.165, 1.54) is 0 Å². The van der Waals surface area contributed by atoms with E-state index in [-0.39, 0.29) is 17.1 Å². The molecule has 0 heterocycles. The lowest BCUT2D eigenvalue weighted by Gasteiger charge is -2.12. The molecule has 0 aromatic rings. The fourth-order valence-electron chi connectivity index (χ4n) is 1.15. The van der Waals surface area contributed by atoms with Gasteiger partial charge in [-0.15, -0.1) is 11.6 Å². The molecular weight excluding hydrogens is 222 g/mol. The van der Waals surface area contributed by atoms with Crippen molar-refractivity contribution in [3.8, 4) is 0 Å². The van der Waals surface area contributed by atoms with Crippen LogP contribution in [0.15, 0.2) is 0 Å². The highest BCUT2D eigenvalue weighted by atomic mass is 35.5.